The van der Waals surface area contributed by atoms with Gasteiger partial charge in [0.2, 0.25) is 13.4 Å². The van der Waals surface area contributed by atoms with Crippen LogP contribution < -0.4 is 0 Å². The largest absolute Gasteiger partial charge is 0.249 e. The van der Waals surface area contributed by atoms with Gasteiger partial charge in [-0.05, 0) is 24.3 Å². The van der Waals surface area contributed by atoms with E-state index in [2.05, 4.69) is 13.1 Å². The molecule has 0 aromatic heterocycles. The van der Waals surface area contributed by atoms with E-state index in [1.165, 1.54) is 0 Å². The van der Waals surface area contributed by atoms with Crippen LogP contribution in [0.25, 0.3) is 0 Å². The number of halogens is 5. The first kappa shape index (κ1) is 16.1. The van der Waals surface area contributed by atoms with Gasteiger partial charge >= 0.3 is 0 Å². The van der Waals surface area contributed by atoms with Crippen LogP contribution in [-0.4, -0.2) is 20.8 Å². The van der Waals surface area contributed by atoms with Crippen molar-refractivity contribution in [3.63, 3.8) is 0 Å². The summed E-state index contributed by atoms with van der Waals surface area (Å²) in [4.78, 5) is 0. The molecule has 0 amide bonds. The van der Waals surface area contributed by atoms with Crippen molar-refractivity contribution in [3.8, 4) is 0 Å². The molecule has 0 saturated carbocycles. The molecule has 0 aliphatic rings. The molecular formula is C6H15Cl5Si3. The molecule has 0 fully saturated rings. The van der Waals surface area contributed by atoms with Gasteiger partial charge < -0.3 is 0 Å². The fourth-order valence-corrected chi connectivity index (χ4v) is 22.7. The Hall–Kier alpha value is 2.10. The van der Waals surface area contributed by atoms with E-state index < -0.39 is 20.8 Å². The quantitative estimate of drug-likeness (QED) is 0.458. The second-order valence-corrected chi connectivity index (χ2v) is 27.6. The van der Waals surface area contributed by atoms with Crippen LogP contribution >= 0.6 is 55.4 Å². The lowest BCUT2D eigenvalue weighted by molar-refractivity contribution is 1.36. The van der Waals surface area contributed by atoms with Gasteiger partial charge in [0, 0.05) is 0 Å². The Labute approximate surface area is 113 Å². The van der Waals surface area contributed by atoms with Gasteiger partial charge in [0.25, 0.3) is 0 Å². The van der Waals surface area contributed by atoms with E-state index in [-0.39, 0.29) is 0 Å². The third kappa shape index (κ3) is 10.6. The first-order chi connectivity index (χ1) is 5.91. The zero-order valence-corrected chi connectivity index (χ0v) is 15.3. The SMILES string of the molecule is C[Si](C)(Cl)C[Si](Cl)(Cl)CC[Si](C)(Cl)Cl. The fraction of sp³-hybridized carbons (Fsp3) is 1.00. The highest BCUT2D eigenvalue weighted by atomic mass is 35.7. The van der Waals surface area contributed by atoms with E-state index >= 15 is 0 Å². The summed E-state index contributed by atoms with van der Waals surface area (Å²) in [7, 11) is -1.69. The predicted octanol–water partition coefficient (Wildman–Crippen LogP) is 5.44. The van der Waals surface area contributed by atoms with Gasteiger partial charge in [0.1, 0.15) is 7.38 Å². The minimum atomic E-state index is -2.21. The molecule has 0 radical (unpaired) electrons. The van der Waals surface area contributed by atoms with Crippen LogP contribution in [0, 0.1) is 0 Å². The van der Waals surface area contributed by atoms with Gasteiger partial charge in [-0.25, -0.2) is 0 Å². The molecule has 0 spiro atoms. The van der Waals surface area contributed by atoms with E-state index in [4.69, 9.17) is 55.4 Å². The van der Waals surface area contributed by atoms with E-state index in [1.807, 2.05) is 6.55 Å². The predicted molar refractivity (Wildman–Crippen MR) is 78.5 cm³/mol. The van der Waals surface area contributed by atoms with Gasteiger partial charge in [0.15, 0.2) is 0 Å². The Morgan fingerprint density at radius 1 is 0.786 bits per heavy atom. The minimum absolute atomic E-state index is 0.759. The summed E-state index contributed by atoms with van der Waals surface area (Å²) in [5, 5.41) is 0. The maximum absolute atomic E-state index is 6.29. The van der Waals surface area contributed by atoms with E-state index in [9.17, 15) is 0 Å². The Morgan fingerprint density at radius 3 is 1.50 bits per heavy atom. The molecule has 0 unspecified atom stereocenters. The smallest absolute Gasteiger partial charge is 0.168 e. The number of rotatable bonds is 5. The Bertz CT molecular complexity index is 183. The van der Waals surface area contributed by atoms with Crippen molar-refractivity contribution >= 4 is 76.2 Å². The first-order valence-corrected chi connectivity index (χ1v) is 17.7. The molecule has 8 heteroatoms. The highest BCUT2D eigenvalue weighted by Crippen LogP contribution is 2.36. The molecule has 0 atom stereocenters. The monoisotopic (exact) mass is 346 g/mol. The standard InChI is InChI=1S/C6H15Cl5Si3/c1-12(2,7)6-14(10,11)5-4-13(3,8)9/h4-6H2,1-3H3. The summed E-state index contributed by atoms with van der Waals surface area (Å²) >= 11 is 30.8. The zero-order chi connectivity index (χ0) is 11.6. The van der Waals surface area contributed by atoms with Gasteiger partial charge in [-0.15, -0.1) is 44.3 Å². The van der Waals surface area contributed by atoms with Gasteiger partial charge in [-0.1, -0.05) is 13.1 Å². The second kappa shape index (κ2) is 5.63. The summed E-state index contributed by atoms with van der Waals surface area (Å²) in [6.45, 7) is 1.73. The summed E-state index contributed by atoms with van der Waals surface area (Å²) in [6, 6.07) is 1.52. The van der Waals surface area contributed by atoms with Crippen LogP contribution in [0.4, 0.5) is 0 Å². The van der Waals surface area contributed by atoms with Crippen molar-refractivity contribution < 1.29 is 0 Å². The van der Waals surface area contributed by atoms with E-state index in [0.717, 1.165) is 17.8 Å². The average Bonchev–Trinajstić information content (AvgIpc) is 1.76. The topological polar surface area (TPSA) is 0 Å². The summed E-state index contributed by atoms with van der Waals surface area (Å²) in [6.07, 6.45) is 0. The molecule has 0 heterocycles. The molecule has 86 valence electrons. The first-order valence-electron chi connectivity index (χ1n) is 4.36. The van der Waals surface area contributed by atoms with Crippen LogP contribution in [0.1, 0.15) is 0 Å². The summed E-state index contributed by atoms with van der Waals surface area (Å²) < 4.78 is 0. The minimum Gasteiger partial charge on any atom is -0.168 e. The molecule has 0 aromatic rings. The Kier molecular flexibility index (Phi) is 6.47. The molecule has 0 N–H and O–H groups in total. The molecule has 0 rings (SSSR count). The van der Waals surface area contributed by atoms with Crippen molar-refractivity contribution in [2.45, 2.75) is 37.4 Å². The number of hydrogen-bond donors (Lipinski definition) is 0. The Balaban J connectivity index is 4.09. The van der Waals surface area contributed by atoms with Gasteiger partial charge in [0.05, 0.1) is 0 Å². The lowest BCUT2D eigenvalue weighted by Crippen LogP contribution is -2.33. The lowest BCUT2D eigenvalue weighted by Gasteiger charge is -2.24. The van der Waals surface area contributed by atoms with Crippen molar-refractivity contribution in [3.05, 3.63) is 0 Å². The third-order valence-corrected chi connectivity index (χ3v) is 15.5. The van der Waals surface area contributed by atoms with Crippen LogP contribution in [0.15, 0.2) is 0 Å². The van der Waals surface area contributed by atoms with Crippen molar-refractivity contribution in [2.24, 2.45) is 0 Å². The van der Waals surface area contributed by atoms with Crippen molar-refractivity contribution in [1.82, 2.24) is 0 Å². The molecule has 0 bridgehead atoms. The Morgan fingerprint density at radius 2 is 1.21 bits per heavy atom. The van der Waals surface area contributed by atoms with Gasteiger partial charge in [-0.3, -0.25) is 0 Å². The second-order valence-electron chi connectivity index (χ2n) is 4.32. The summed E-state index contributed by atoms with van der Waals surface area (Å²) in [5.74, 6) is 0. The van der Waals surface area contributed by atoms with Crippen LogP contribution in [-0.2, 0) is 0 Å². The molecule has 0 aromatic carbocycles. The maximum Gasteiger partial charge on any atom is 0.249 e. The normalized spacial score (nSPS) is 14.6. The van der Waals surface area contributed by atoms with E-state index in [0.29, 0.717) is 0 Å². The van der Waals surface area contributed by atoms with Crippen molar-refractivity contribution in [1.29, 1.82) is 0 Å². The van der Waals surface area contributed by atoms with E-state index in [1.54, 1.807) is 0 Å². The number of hydrogen-bond acceptors (Lipinski definition) is 0. The van der Waals surface area contributed by atoms with Crippen LogP contribution in [0.5, 0.6) is 0 Å². The molecule has 0 nitrogen and oxygen atoms in total. The van der Waals surface area contributed by atoms with Crippen LogP contribution in [0.3, 0.4) is 0 Å². The molecule has 0 aliphatic heterocycles. The maximum atomic E-state index is 6.29. The molecule has 14 heavy (non-hydrogen) atoms. The third-order valence-electron chi connectivity index (χ3n) is 1.61. The molecule has 0 aliphatic carbocycles. The van der Waals surface area contributed by atoms with Gasteiger partial charge in [-0.2, -0.15) is 11.1 Å². The lowest BCUT2D eigenvalue weighted by atomic mass is 10.9. The highest BCUT2D eigenvalue weighted by molar-refractivity contribution is 7.51. The average molecular weight is 349 g/mol. The molecular weight excluding hydrogens is 334 g/mol. The summed E-state index contributed by atoms with van der Waals surface area (Å²) in [5.41, 5.74) is 0.795. The highest BCUT2D eigenvalue weighted by Gasteiger charge is 2.38. The van der Waals surface area contributed by atoms with Crippen molar-refractivity contribution in [2.75, 3.05) is 0 Å². The van der Waals surface area contributed by atoms with Crippen LogP contribution in [0.2, 0.25) is 37.4 Å². The molecule has 0 saturated heterocycles. The fourth-order valence-electron chi connectivity index (χ4n) is 1.11. The zero-order valence-electron chi connectivity index (χ0n) is 8.51.